The number of H-pyrrole nitrogens is 1. The van der Waals surface area contributed by atoms with E-state index in [4.69, 9.17) is 0 Å². The Kier molecular flexibility index (Phi) is 1.75. The highest BCUT2D eigenvalue weighted by molar-refractivity contribution is 5.58. The predicted molar refractivity (Wildman–Crippen MR) is 39.1 cm³/mol. The van der Waals surface area contributed by atoms with Gasteiger partial charge in [-0.3, -0.25) is 0 Å². The van der Waals surface area contributed by atoms with Crippen LogP contribution in [0.2, 0.25) is 0 Å². The van der Waals surface area contributed by atoms with Crippen LogP contribution in [0, 0.1) is 4.91 Å². The van der Waals surface area contributed by atoms with Crippen LogP contribution in [0.4, 0.5) is 11.5 Å². The van der Waals surface area contributed by atoms with Crippen molar-refractivity contribution in [2.24, 2.45) is 5.18 Å². The summed E-state index contributed by atoms with van der Waals surface area (Å²) in [7, 11) is 3.32. The van der Waals surface area contributed by atoms with Gasteiger partial charge < -0.3 is 9.42 Å². The number of aromatic amines is 1. The zero-order valence-electron chi connectivity index (χ0n) is 6.12. The molecule has 6 heteroatoms. The first-order valence-electron chi connectivity index (χ1n) is 2.89. The van der Waals surface area contributed by atoms with E-state index in [1.54, 1.807) is 14.1 Å². The van der Waals surface area contributed by atoms with Crippen LogP contribution in [-0.2, 0) is 0 Å². The number of nitroso groups, excluding NO2 is 1. The van der Waals surface area contributed by atoms with Gasteiger partial charge in [-0.25, -0.2) is 4.79 Å². The van der Waals surface area contributed by atoms with Crippen LogP contribution < -0.4 is 10.5 Å². The first kappa shape index (κ1) is 7.52. The van der Waals surface area contributed by atoms with Gasteiger partial charge in [-0.1, -0.05) is 0 Å². The average Bonchev–Trinajstić information content (AvgIpc) is 2.30. The monoisotopic (exact) mass is 157 g/mol. The minimum atomic E-state index is -0.747. The summed E-state index contributed by atoms with van der Waals surface area (Å²) < 4.78 is 4.33. The lowest BCUT2D eigenvalue weighted by Gasteiger charge is -2.06. The van der Waals surface area contributed by atoms with Gasteiger partial charge in [0, 0.05) is 14.1 Å². The van der Waals surface area contributed by atoms with Crippen LogP contribution in [0.1, 0.15) is 0 Å². The van der Waals surface area contributed by atoms with Gasteiger partial charge >= 0.3 is 5.63 Å². The smallest absolute Gasteiger partial charge is 0.360 e. The molecule has 0 bridgehead atoms. The zero-order valence-corrected chi connectivity index (χ0v) is 6.12. The van der Waals surface area contributed by atoms with Crippen molar-refractivity contribution < 1.29 is 4.52 Å². The van der Waals surface area contributed by atoms with Crippen molar-refractivity contribution in [3.63, 3.8) is 0 Å². The molecule has 0 aromatic carbocycles. The molecule has 1 aromatic rings. The molecule has 0 radical (unpaired) electrons. The van der Waals surface area contributed by atoms with Crippen LogP contribution in [0.15, 0.2) is 14.5 Å². The lowest BCUT2D eigenvalue weighted by molar-refractivity contribution is 0.393. The van der Waals surface area contributed by atoms with Gasteiger partial charge in [-0.15, -0.1) is 4.91 Å². The zero-order chi connectivity index (χ0) is 8.43. The molecule has 0 saturated carbocycles. The van der Waals surface area contributed by atoms with E-state index in [1.807, 2.05) is 0 Å². The van der Waals surface area contributed by atoms with Crippen LogP contribution in [0.5, 0.6) is 0 Å². The highest BCUT2D eigenvalue weighted by atomic mass is 16.5. The maximum Gasteiger partial charge on any atom is 0.388 e. The number of hydrogen-bond acceptors (Lipinski definition) is 5. The Morgan fingerprint density at radius 1 is 1.55 bits per heavy atom. The van der Waals surface area contributed by atoms with Gasteiger partial charge in [0.05, 0.1) is 0 Å². The van der Waals surface area contributed by atoms with E-state index < -0.39 is 5.63 Å². The first-order chi connectivity index (χ1) is 5.16. The normalized spacial score (nSPS) is 9.64. The molecule has 6 nitrogen and oxygen atoms in total. The van der Waals surface area contributed by atoms with E-state index in [-0.39, 0.29) is 11.5 Å². The SMILES string of the molecule is CN(C)c1[nH]oc(=O)c1N=O. The maximum atomic E-state index is 10.7. The van der Waals surface area contributed by atoms with Crippen molar-refractivity contribution in [1.29, 1.82) is 0 Å². The van der Waals surface area contributed by atoms with Crippen molar-refractivity contribution in [2.75, 3.05) is 19.0 Å². The van der Waals surface area contributed by atoms with Gasteiger partial charge in [-0.2, -0.15) is 5.16 Å². The third kappa shape index (κ3) is 1.14. The van der Waals surface area contributed by atoms with E-state index >= 15 is 0 Å². The van der Waals surface area contributed by atoms with Crippen molar-refractivity contribution in [3.05, 3.63) is 15.3 Å². The Balaban J connectivity index is 3.26. The number of rotatable bonds is 2. The fourth-order valence-corrected chi connectivity index (χ4v) is 0.672. The molecule has 1 heterocycles. The topological polar surface area (TPSA) is 78.7 Å². The molecule has 0 spiro atoms. The van der Waals surface area contributed by atoms with Gasteiger partial charge in [0.2, 0.25) is 5.69 Å². The molecule has 0 aliphatic rings. The second kappa shape index (κ2) is 2.57. The van der Waals surface area contributed by atoms with Crippen LogP contribution >= 0.6 is 0 Å². The molecule has 0 unspecified atom stereocenters. The van der Waals surface area contributed by atoms with Crippen molar-refractivity contribution >= 4 is 11.5 Å². The molecule has 0 fully saturated rings. The Labute approximate surface area is 61.7 Å². The van der Waals surface area contributed by atoms with Crippen LogP contribution in [0.3, 0.4) is 0 Å². The molecule has 1 aromatic heterocycles. The van der Waals surface area contributed by atoms with Crippen LogP contribution in [0.25, 0.3) is 0 Å². The second-order valence-corrected chi connectivity index (χ2v) is 2.17. The number of anilines is 1. The molecular formula is C5H7N3O3. The molecule has 0 amide bonds. The van der Waals surface area contributed by atoms with Crippen molar-refractivity contribution in [2.45, 2.75) is 0 Å². The van der Waals surface area contributed by atoms with Crippen molar-refractivity contribution in [1.82, 2.24) is 5.16 Å². The molecule has 60 valence electrons. The van der Waals surface area contributed by atoms with Crippen LogP contribution in [-0.4, -0.2) is 19.3 Å². The maximum absolute atomic E-state index is 10.7. The Hall–Kier alpha value is -1.59. The third-order valence-electron chi connectivity index (χ3n) is 1.20. The summed E-state index contributed by atoms with van der Waals surface area (Å²) in [5.41, 5.74) is -0.973. The summed E-state index contributed by atoms with van der Waals surface area (Å²) in [5, 5.41) is 4.79. The van der Waals surface area contributed by atoms with Gasteiger partial charge in [0.25, 0.3) is 0 Å². The fourth-order valence-electron chi connectivity index (χ4n) is 0.672. The molecule has 0 saturated heterocycles. The summed E-state index contributed by atoms with van der Waals surface area (Å²) in [6, 6.07) is 0. The molecule has 11 heavy (non-hydrogen) atoms. The Morgan fingerprint density at radius 2 is 2.18 bits per heavy atom. The van der Waals surface area contributed by atoms with Gasteiger partial charge in [0.15, 0.2) is 5.82 Å². The van der Waals surface area contributed by atoms with Gasteiger partial charge in [-0.05, 0) is 5.18 Å². The van der Waals surface area contributed by atoms with Gasteiger partial charge in [0.1, 0.15) is 0 Å². The van der Waals surface area contributed by atoms with E-state index in [9.17, 15) is 9.70 Å². The second-order valence-electron chi connectivity index (χ2n) is 2.17. The Bertz CT molecular complexity index is 311. The fraction of sp³-hybridized carbons (Fsp3) is 0.400. The third-order valence-corrected chi connectivity index (χ3v) is 1.20. The highest BCUT2D eigenvalue weighted by Crippen LogP contribution is 2.19. The lowest BCUT2D eigenvalue weighted by Crippen LogP contribution is -2.09. The minimum Gasteiger partial charge on any atom is -0.360 e. The van der Waals surface area contributed by atoms with E-state index in [0.29, 0.717) is 0 Å². The number of nitrogens with zero attached hydrogens (tertiary/aromatic N) is 2. The lowest BCUT2D eigenvalue weighted by atomic mass is 10.5. The standard InChI is InChI=1S/C5H7N3O3/c1-8(2)4-3(6-10)5(9)11-7-4/h7H,1-2H3. The summed E-state index contributed by atoms with van der Waals surface area (Å²) in [4.78, 5) is 22.2. The molecular weight excluding hydrogens is 150 g/mol. The molecule has 0 aliphatic carbocycles. The van der Waals surface area contributed by atoms with Crippen molar-refractivity contribution in [3.8, 4) is 0 Å². The Morgan fingerprint density at radius 3 is 2.55 bits per heavy atom. The first-order valence-corrected chi connectivity index (χ1v) is 2.89. The quantitative estimate of drug-likeness (QED) is 0.631. The summed E-state index contributed by atoms with van der Waals surface area (Å²) in [6.07, 6.45) is 0. The summed E-state index contributed by atoms with van der Waals surface area (Å²) in [6.45, 7) is 0. The summed E-state index contributed by atoms with van der Waals surface area (Å²) >= 11 is 0. The molecule has 0 atom stereocenters. The molecule has 1 N–H and O–H groups in total. The number of nitrogens with one attached hydrogen (secondary N) is 1. The average molecular weight is 157 g/mol. The number of hydrogen-bond donors (Lipinski definition) is 1. The number of aromatic nitrogens is 1. The van der Waals surface area contributed by atoms with E-state index in [2.05, 4.69) is 14.9 Å². The van der Waals surface area contributed by atoms with E-state index in [0.717, 1.165) is 0 Å². The minimum absolute atomic E-state index is 0.227. The van der Waals surface area contributed by atoms with E-state index in [1.165, 1.54) is 4.90 Å². The summed E-state index contributed by atoms with van der Waals surface area (Å²) in [5.74, 6) is 0.282. The molecule has 0 aliphatic heterocycles. The molecule has 1 rings (SSSR count). The highest BCUT2D eigenvalue weighted by Gasteiger charge is 2.13. The predicted octanol–water partition coefficient (Wildman–Crippen LogP) is 0.432. The largest absolute Gasteiger partial charge is 0.388 e.